The van der Waals surface area contributed by atoms with Gasteiger partial charge in [-0.25, -0.2) is 0 Å². The number of rotatable bonds is 9. The van der Waals surface area contributed by atoms with E-state index in [1.807, 2.05) is 0 Å². The van der Waals surface area contributed by atoms with Crippen LogP contribution in [-0.4, -0.2) is 65.6 Å². The third kappa shape index (κ3) is 8.44. The van der Waals surface area contributed by atoms with E-state index in [-0.39, 0.29) is 6.10 Å². The Morgan fingerprint density at radius 3 is 2.50 bits per heavy atom. The summed E-state index contributed by atoms with van der Waals surface area (Å²) in [5.74, 6) is 0. The summed E-state index contributed by atoms with van der Waals surface area (Å²) in [6, 6.07) is 0. The third-order valence-electron chi connectivity index (χ3n) is 2.02. The Kier molecular flexibility index (Phi) is 9.29. The van der Waals surface area contributed by atoms with E-state index >= 15 is 0 Å². The van der Waals surface area contributed by atoms with Gasteiger partial charge in [-0.15, -0.1) is 0 Å². The van der Waals surface area contributed by atoms with Gasteiger partial charge in [0.2, 0.25) is 0 Å². The molecular weight excluding hydrogens is 180 g/mol. The zero-order chi connectivity index (χ0) is 10.8. The lowest BCUT2D eigenvalue weighted by molar-refractivity contribution is 0.0290. The van der Waals surface area contributed by atoms with Crippen LogP contribution in [0.5, 0.6) is 0 Å². The number of hydrogen-bond donors (Lipinski definition) is 1. The Labute approximate surface area is 87.6 Å². The average Bonchev–Trinajstić information content (AvgIpc) is 2.15. The fourth-order valence-electron chi connectivity index (χ4n) is 1.18. The SMILES string of the molecule is COCC(CNCCCN(C)C)OC. The lowest BCUT2D eigenvalue weighted by Crippen LogP contribution is -2.33. The molecule has 0 aliphatic heterocycles. The summed E-state index contributed by atoms with van der Waals surface area (Å²) in [4.78, 5) is 2.19. The van der Waals surface area contributed by atoms with Crippen LogP contribution < -0.4 is 5.32 Å². The molecule has 0 aromatic rings. The first-order chi connectivity index (χ1) is 6.70. The zero-order valence-electron chi connectivity index (χ0n) is 9.88. The van der Waals surface area contributed by atoms with Crippen LogP contribution in [0.1, 0.15) is 6.42 Å². The Morgan fingerprint density at radius 2 is 2.00 bits per heavy atom. The Bertz CT molecular complexity index is 121. The second-order valence-electron chi connectivity index (χ2n) is 3.67. The van der Waals surface area contributed by atoms with Gasteiger partial charge in [-0.05, 0) is 33.6 Å². The lowest BCUT2D eigenvalue weighted by atomic mass is 10.3. The smallest absolute Gasteiger partial charge is 0.0928 e. The fourth-order valence-corrected chi connectivity index (χ4v) is 1.18. The van der Waals surface area contributed by atoms with Crippen molar-refractivity contribution in [2.75, 3.05) is 54.6 Å². The van der Waals surface area contributed by atoms with Crippen LogP contribution in [0, 0.1) is 0 Å². The van der Waals surface area contributed by atoms with Crippen LogP contribution in [0.15, 0.2) is 0 Å². The van der Waals surface area contributed by atoms with Crippen LogP contribution in [0.25, 0.3) is 0 Å². The molecular formula is C10H24N2O2. The number of nitrogens with one attached hydrogen (secondary N) is 1. The first kappa shape index (κ1) is 13.8. The van der Waals surface area contributed by atoms with Gasteiger partial charge in [0, 0.05) is 20.8 Å². The molecule has 1 N–H and O–H groups in total. The number of hydrogen-bond acceptors (Lipinski definition) is 4. The Morgan fingerprint density at radius 1 is 1.29 bits per heavy atom. The summed E-state index contributed by atoms with van der Waals surface area (Å²) < 4.78 is 10.2. The van der Waals surface area contributed by atoms with Crippen LogP contribution in [-0.2, 0) is 9.47 Å². The van der Waals surface area contributed by atoms with Gasteiger partial charge in [0.1, 0.15) is 0 Å². The monoisotopic (exact) mass is 204 g/mol. The molecule has 14 heavy (non-hydrogen) atoms. The maximum atomic E-state index is 5.22. The van der Waals surface area contributed by atoms with Crippen molar-refractivity contribution in [3.05, 3.63) is 0 Å². The summed E-state index contributed by atoms with van der Waals surface area (Å²) in [6.45, 7) is 3.66. The maximum Gasteiger partial charge on any atom is 0.0928 e. The summed E-state index contributed by atoms with van der Waals surface area (Å²) in [5, 5.41) is 3.34. The molecule has 0 radical (unpaired) electrons. The minimum Gasteiger partial charge on any atom is -0.382 e. The summed E-state index contributed by atoms with van der Waals surface area (Å²) in [7, 11) is 7.58. The van der Waals surface area contributed by atoms with E-state index in [9.17, 15) is 0 Å². The van der Waals surface area contributed by atoms with E-state index in [0.717, 1.165) is 26.1 Å². The van der Waals surface area contributed by atoms with Crippen molar-refractivity contribution in [2.24, 2.45) is 0 Å². The molecule has 1 unspecified atom stereocenters. The van der Waals surface area contributed by atoms with Crippen molar-refractivity contribution in [2.45, 2.75) is 12.5 Å². The highest BCUT2D eigenvalue weighted by molar-refractivity contribution is 4.60. The molecule has 0 amide bonds. The van der Waals surface area contributed by atoms with Crippen LogP contribution in [0.4, 0.5) is 0 Å². The van der Waals surface area contributed by atoms with Gasteiger partial charge in [-0.1, -0.05) is 0 Å². The number of ether oxygens (including phenoxy) is 2. The van der Waals surface area contributed by atoms with Crippen molar-refractivity contribution in [3.63, 3.8) is 0 Å². The van der Waals surface area contributed by atoms with E-state index in [1.165, 1.54) is 0 Å². The van der Waals surface area contributed by atoms with Gasteiger partial charge >= 0.3 is 0 Å². The Hall–Kier alpha value is -0.160. The molecule has 0 fully saturated rings. The second kappa shape index (κ2) is 9.40. The normalized spacial score (nSPS) is 13.5. The molecule has 0 aromatic carbocycles. The molecule has 0 spiro atoms. The minimum absolute atomic E-state index is 0.166. The molecule has 0 aromatic heterocycles. The van der Waals surface area contributed by atoms with E-state index < -0.39 is 0 Å². The number of nitrogens with zero attached hydrogens (tertiary/aromatic N) is 1. The van der Waals surface area contributed by atoms with Crippen LogP contribution >= 0.6 is 0 Å². The molecule has 0 aliphatic carbocycles. The number of methoxy groups -OCH3 is 2. The van der Waals surface area contributed by atoms with E-state index in [4.69, 9.17) is 9.47 Å². The third-order valence-corrected chi connectivity index (χ3v) is 2.02. The second-order valence-corrected chi connectivity index (χ2v) is 3.67. The predicted octanol–water partition coefficient (Wildman–Crippen LogP) is 0.189. The summed E-state index contributed by atoms with van der Waals surface area (Å²) in [6.07, 6.45) is 1.33. The lowest BCUT2D eigenvalue weighted by Gasteiger charge is -2.15. The standard InChI is InChI=1S/C10H24N2O2/c1-12(2)7-5-6-11-8-10(14-4)9-13-3/h10-11H,5-9H2,1-4H3. The van der Waals surface area contributed by atoms with Crippen molar-refractivity contribution < 1.29 is 9.47 Å². The van der Waals surface area contributed by atoms with Gasteiger partial charge in [0.15, 0.2) is 0 Å². The highest BCUT2D eigenvalue weighted by Crippen LogP contribution is 1.89. The molecule has 4 nitrogen and oxygen atoms in total. The molecule has 0 rings (SSSR count). The van der Waals surface area contributed by atoms with Gasteiger partial charge in [-0.2, -0.15) is 0 Å². The van der Waals surface area contributed by atoms with Crippen LogP contribution in [0.2, 0.25) is 0 Å². The largest absolute Gasteiger partial charge is 0.382 e. The fraction of sp³-hybridized carbons (Fsp3) is 1.00. The molecule has 0 aliphatic rings. The highest BCUT2D eigenvalue weighted by atomic mass is 16.5. The zero-order valence-corrected chi connectivity index (χ0v) is 9.88. The molecule has 0 saturated carbocycles. The quantitative estimate of drug-likeness (QED) is 0.544. The van der Waals surface area contributed by atoms with E-state index in [0.29, 0.717) is 6.61 Å². The first-order valence-electron chi connectivity index (χ1n) is 5.08. The van der Waals surface area contributed by atoms with Crippen molar-refractivity contribution in [1.29, 1.82) is 0 Å². The molecule has 86 valence electrons. The minimum atomic E-state index is 0.166. The topological polar surface area (TPSA) is 33.7 Å². The molecule has 0 saturated heterocycles. The molecule has 4 heteroatoms. The van der Waals surface area contributed by atoms with E-state index in [2.05, 4.69) is 24.3 Å². The first-order valence-corrected chi connectivity index (χ1v) is 5.08. The van der Waals surface area contributed by atoms with Gasteiger partial charge in [0.05, 0.1) is 12.7 Å². The maximum absolute atomic E-state index is 5.22. The van der Waals surface area contributed by atoms with Crippen molar-refractivity contribution in [1.82, 2.24) is 10.2 Å². The van der Waals surface area contributed by atoms with Crippen LogP contribution in [0.3, 0.4) is 0 Å². The van der Waals surface area contributed by atoms with E-state index in [1.54, 1.807) is 14.2 Å². The highest BCUT2D eigenvalue weighted by Gasteiger charge is 2.04. The summed E-state index contributed by atoms with van der Waals surface area (Å²) >= 11 is 0. The van der Waals surface area contributed by atoms with Gasteiger partial charge < -0.3 is 19.7 Å². The molecule has 0 heterocycles. The van der Waals surface area contributed by atoms with Crippen molar-refractivity contribution in [3.8, 4) is 0 Å². The molecule has 0 bridgehead atoms. The Balaban J connectivity index is 3.24. The van der Waals surface area contributed by atoms with Crippen molar-refractivity contribution >= 4 is 0 Å². The predicted molar refractivity (Wildman–Crippen MR) is 58.7 cm³/mol. The molecule has 1 atom stereocenters. The van der Waals surface area contributed by atoms with Gasteiger partial charge in [-0.3, -0.25) is 0 Å². The van der Waals surface area contributed by atoms with Gasteiger partial charge in [0.25, 0.3) is 0 Å². The summed E-state index contributed by atoms with van der Waals surface area (Å²) in [5.41, 5.74) is 0. The average molecular weight is 204 g/mol.